The van der Waals surface area contributed by atoms with Gasteiger partial charge >= 0.3 is 0 Å². The summed E-state index contributed by atoms with van der Waals surface area (Å²) in [6.45, 7) is 0. The number of halogens is 3. The molecule has 1 aromatic heterocycles. The van der Waals surface area contributed by atoms with Gasteiger partial charge in [0.2, 0.25) is 0 Å². The molecule has 0 atom stereocenters. The van der Waals surface area contributed by atoms with E-state index in [4.69, 9.17) is 0 Å². The first-order valence-electron chi connectivity index (χ1n) is 7.72. The predicted octanol–water partition coefficient (Wildman–Crippen LogP) is 4.00. The molecule has 0 aliphatic carbocycles. The predicted molar refractivity (Wildman–Crippen MR) is 92.9 cm³/mol. The van der Waals surface area contributed by atoms with Crippen molar-refractivity contribution >= 4 is 23.2 Å². The van der Waals surface area contributed by atoms with Gasteiger partial charge in [0.1, 0.15) is 23.1 Å². The van der Waals surface area contributed by atoms with Crippen molar-refractivity contribution in [1.29, 1.82) is 0 Å². The Labute approximate surface area is 151 Å². The van der Waals surface area contributed by atoms with Crippen LogP contribution in [0.2, 0.25) is 0 Å². The topological polar surface area (TPSA) is 71.1 Å². The van der Waals surface area contributed by atoms with E-state index in [1.54, 1.807) is 12.1 Å². The van der Waals surface area contributed by atoms with Crippen LogP contribution in [0.4, 0.5) is 24.5 Å². The molecule has 3 rings (SSSR count). The summed E-state index contributed by atoms with van der Waals surface area (Å²) in [6.07, 6.45) is 1.43. The smallest absolute Gasteiger partial charge is 0.274 e. The molecule has 2 amide bonds. The SMILES string of the molecule is O=C(Nc1ccc(F)cc1NC(=O)c1cc(F)ccc1F)c1ccccn1. The van der Waals surface area contributed by atoms with Crippen LogP contribution in [0.3, 0.4) is 0 Å². The molecule has 0 saturated carbocycles. The molecule has 1 heterocycles. The summed E-state index contributed by atoms with van der Waals surface area (Å²) < 4.78 is 40.6. The molecule has 2 N–H and O–H groups in total. The van der Waals surface area contributed by atoms with Gasteiger partial charge in [0, 0.05) is 6.20 Å². The van der Waals surface area contributed by atoms with Crippen LogP contribution in [-0.2, 0) is 0 Å². The van der Waals surface area contributed by atoms with Gasteiger partial charge < -0.3 is 10.6 Å². The lowest BCUT2D eigenvalue weighted by molar-refractivity contribution is 0.101. The third kappa shape index (κ3) is 4.30. The summed E-state index contributed by atoms with van der Waals surface area (Å²) >= 11 is 0. The Morgan fingerprint density at radius 3 is 2.22 bits per heavy atom. The maximum atomic E-state index is 13.8. The van der Waals surface area contributed by atoms with Crippen LogP contribution in [0.1, 0.15) is 20.8 Å². The molecule has 2 aromatic carbocycles. The van der Waals surface area contributed by atoms with Gasteiger partial charge in [-0.1, -0.05) is 6.07 Å². The van der Waals surface area contributed by atoms with Crippen molar-refractivity contribution in [3.05, 3.63) is 89.5 Å². The number of aromatic nitrogens is 1. The summed E-state index contributed by atoms with van der Waals surface area (Å²) in [5.41, 5.74) is -0.498. The summed E-state index contributed by atoms with van der Waals surface area (Å²) in [6, 6.07) is 10.4. The lowest BCUT2D eigenvalue weighted by atomic mass is 10.1. The number of amides is 2. The zero-order valence-electron chi connectivity index (χ0n) is 13.7. The first-order valence-corrected chi connectivity index (χ1v) is 7.72. The molecule has 0 spiro atoms. The molecule has 0 bridgehead atoms. The zero-order valence-corrected chi connectivity index (χ0v) is 13.7. The van der Waals surface area contributed by atoms with Gasteiger partial charge in [0.15, 0.2) is 0 Å². The molecule has 0 fully saturated rings. The van der Waals surface area contributed by atoms with Crippen LogP contribution in [0.5, 0.6) is 0 Å². The molecule has 0 saturated heterocycles. The molecule has 27 heavy (non-hydrogen) atoms. The van der Waals surface area contributed by atoms with Crippen LogP contribution in [0.15, 0.2) is 60.8 Å². The first-order chi connectivity index (χ1) is 12.9. The second kappa shape index (κ2) is 7.69. The highest BCUT2D eigenvalue weighted by Crippen LogP contribution is 2.24. The van der Waals surface area contributed by atoms with Crippen LogP contribution in [0, 0.1) is 17.5 Å². The third-order valence-corrected chi connectivity index (χ3v) is 3.55. The second-order valence-electron chi connectivity index (χ2n) is 5.44. The Hall–Kier alpha value is -3.68. The van der Waals surface area contributed by atoms with Crippen molar-refractivity contribution in [2.45, 2.75) is 0 Å². The van der Waals surface area contributed by atoms with E-state index >= 15 is 0 Å². The largest absolute Gasteiger partial charge is 0.320 e. The standard InChI is InChI=1S/C19H12F3N3O2/c20-11-4-6-14(22)13(9-11)18(26)25-17-10-12(21)5-7-15(17)24-19(27)16-3-1-2-8-23-16/h1-10H,(H,24,27)(H,25,26). The van der Waals surface area contributed by atoms with E-state index < -0.39 is 34.8 Å². The summed E-state index contributed by atoms with van der Waals surface area (Å²) in [4.78, 5) is 28.3. The molecule has 3 aromatic rings. The molecule has 0 aliphatic heterocycles. The number of hydrogen-bond donors (Lipinski definition) is 2. The van der Waals surface area contributed by atoms with Crippen molar-refractivity contribution in [3.8, 4) is 0 Å². The monoisotopic (exact) mass is 371 g/mol. The number of carbonyl (C=O) groups excluding carboxylic acids is 2. The normalized spacial score (nSPS) is 10.3. The van der Waals surface area contributed by atoms with Crippen molar-refractivity contribution in [2.75, 3.05) is 10.6 Å². The van der Waals surface area contributed by atoms with Gasteiger partial charge in [-0.3, -0.25) is 14.6 Å². The van der Waals surface area contributed by atoms with Crippen molar-refractivity contribution in [1.82, 2.24) is 4.98 Å². The number of pyridine rings is 1. The van der Waals surface area contributed by atoms with Crippen LogP contribution >= 0.6 is 0 Å². The number of rotatable bonds is 4. The van der Waals surface area contributed by atoms with E-state index in [1.807, 2.05) is 0 Å². The van der Waals surface area contributed by atoms with Crippen LogP contribution < -0.4 is 10.6 Å². The molecule has 136 valence electrons. The number of nitrogens with one attached hydrogen (secondary N) is 2. The maximum absolute atomic E-state index is 13.8. The Kier molecular flexibility index (Phi) is 5.16. The number of benzene rings is 2. The van der Waals surface area contributed by atoms with Crippen LogP contribution in [0.25, 0.3) is 0 Å². The Bertz CT molecular complexity index is 1010. The fraction of sp³-hybridized carbons (Fsp3) is 0. The fourth-order valence-electron chi connectivity index (χ4n) is 2.27. The summed E-state index contributed by atoms with van der Waals surface area (Å²) in [7, 11) is 0. The van der Waals surface area contributed by atoms with Gasteiger partial charge in [0.25, 0.3) is 11.8 Å². The van der Waals surface area contributed by atoms with E-state index in [2.05, 4.69) is 15.6 Å². The highest BCUT2D eigenvalue weighted by Gasteiger charge is 2.17. The molecule has 5 nitrogen and oxygen atoms in total. The van der Waals surface area contributed by atoms with E-state index in [0.29, 0.717) is 0 Å². The zero-order chi connectivity index (χ0) is 19.4. The van der Waals surface area contributed by atoms with Gasteiger partial charge in [-0.15, -0.1) is 0 Å². The lowest BCUT2D eigenvalue weighted by Gasteiger charge is -2.13. The molecule has 0 unspecified atom stereocenters. The minimum Gasteiger partial charge on any atom is -0.320 e. The fourth-order valence-corrected chi connectivity index (χ4v) is 2.27. The van der Waals surface area contributed by atoms with Gasteiger partial charge in [0.05, 0.1) is 16.9 Å². The number of carbonyl (C=O) groups is 2. The first kappa shape index (κ1) is 18.1. The van der Waals surface area contributed by atoms with Crippen LogP contribution in [-0.4, -0.2) is 16.8 Å². The number of nitrogens with zero attached hydrogens (tertiary/aromatic N) is 1. The third-order valence-electron chi connectivity index (χ3n) is 3.55. The average molecular weight is 371 g/mol. The molecule has 0 radical (unpaired) electrons. The molecular weight excluding hydrogens is 359 g/mol. The Morgan fingerprint density at radius 2 is 1.48 bits per heavy atom. The van der Waals surface area contributed by atoms with Gasteiger partial charge in [-0.2, -0.15) is 0 Å². The molecular formula is C19H12F3N3O2. The van der Waals surface area contributed by atoms with Crippen molar-refractivity contribution in [2.24, 2.45) is 0 Å². The maximum Gasteiger partial charge on any atom is 0.274 e. The van der Waals surface area contributed by atoms with E-state index in [9.17, 15) is 22.8 Å². The summed E-state index contributed by atoms with van der Waals surface area (Å²) in [5, 5.41) is 4.76. The highest BCUT2D eigenvalue weighted by molar-refractivity contribution is 6.09. The van der Waals surface area contributed by atoms with E-state index in [1.165, 1.54) is 18.3 Å². The second-order valence-corrected chi connectivity index (χ2v) is 5.44. The lowest BCUT2D eigenvalue weighted by Crippen LogP contribution is -2.18. The molecule has 0 aliphatic rings. The average Bonchev–Trinajstić information content (AvgIpc) is 2.66. The van der Waals surface area contributed by atoms with E-state index in [0.717, 1.165) is 30.3 Å². The highest BCUT2D eigenvalue weighted by atomic mass is 19.1. The molecule has 8 heteroatoms. The quantitative estimate of drug-likeness (QED) is 0.728. The van der Waals surface area contributed by atoms with Crippen molar-refractivity contribution in [3.63, 3.8) is 0 Å². The number of hydrogen-bond acceptors (Lipinski definition) is 3. The minimum absolute atomic E-state index is 0.0669. The minimum atomic E-state index is -0.995. The van der Waals surface area contributed by atoms with Gasteiger partial charge in [-0.25, -0.2) is 13.2 Å². The Morgan fingerprint density at radius 1 is 0.778 bits per heavy atom. The number of anilines is 2. The van der Waals surface area contributed by atoms with Gasteiger partial charge in [-0.05, 0) is 48.5 Å². The summed E-state index contributed by atoms with van der Waals surface area (Å²) in [5.74, 6) is -4.02. The van der Waals surface area contributed by atoms with Crippen molar-refractivity contribution < 1.29 is 22.8 Å². The Balaban J connectivity index is 1.87. The van der Waals surface area contributed by atoms with E-state index in [-0.39, 0.29) is 17.1 Å².